The fraction of sp³-hybridized carbons (Fsp3) is 0. The number of thiophene rings is 1. The molecule has 0 radical (unpaired) electrons. The van der Waals surface area contributed by atoms with Crippen molar-refractivity contribution in [1.29, 1.82) is 0 Å². The minimum atomic E-state index is -0.124. The fourth-order valence-corrected chi connectivity index (χ4v) is 4.61. The number of nitrogens with zero attached hydrogens (tertiary/aromatic N) is 1. The number of hydrogen-bond acceptors (Lipinski definition) is 4. The summed E-state index contributed by atoms with van der Waals surface area (Å²) in [5.41, 5.74) is 2.56. The number of amides is 1. The average molecular weight is 415 g/mol. The third-order valence-electron chi connectivity index (χ3n) is 3.50. The van der Waals surface area contributed by atoms with Crippen molar-refractivity contribution in [2.45, 2.75) is 0 Å². The number of aromatic nitrogens is 1. The Bertz CT molecular complexity index is 1010. The number of halogens is 1. The lowest BCUT2D eigenvalue weighted by molar-refractivity contribution is 0.102. The maximum absolute atomic E-state index is 12.5. The maximum Gasteiger partial charge on any atom is 0.256 e. The summed E-state index contributed by atoms with van der Waals surface area (Å²) >= 11 is 6.53. The smallest absolute Gasteiger partial charge is 0.256 e. The van der Waals surface area contributed by atoms with E-state index in [0.29, 0.717) is 5.56 Å². The van der Waals surface area contributed by atoms with Gasteiger partial charge in [-0.3, -0.25) is 4.79 Å². The van der Waals surface area contributed by atoms with Crippen molar-refractivity contribution in [3.63, 3.8) is 0 Å². The van der Waals surface area contributed by atoms with Crippen LogP contribution < -0.4 is 5.32 Å². The number of anilines is 1. The molecule has 2 heterocycles. The molecule has 0 saturated heterocycles. The van der Waals surface area contributed by atoms with Crippen molar-refractivity contribution < 1.29 is 4.79 Å². The Balaban J connectivity index is 1.66. The van der Waals surface area contributed by atoms with Crippen molar-refractivity contribution in [1.82, 2.24) is 4.98 Å². The molecule has 4 rings (SSSR count). The zero-order valence-electron chi connectivity index (χ0n) is 12.3. The standard InChI is InChI=1S/C18H11BrN2OS2/c19-12-5-3-4-11(10-12)16(22)21-17-13(8-9-23-17)18-20-14-6-1-2-7-15(14)24-18/h1-10H,(H,21,22). The van der Waals surface area contributed by atoms with Crippen molar-refractivity contribution in [3.05, 3.63) is 70.0 Å². The summed E-state index contributed by atoms with van der Waals surface area (Å²) in [6.07, 6.45) is 0. The van der Waals surface area contributed by atoms with Gasteiger partial charge in [0.05, 0.1) is 10.2 Å². The molecule has 0 unspecified atom stereocenters. The molecule has 0 aliphatic heterocycles. The lowest BCUT2D eigenvalue weighted by atomic mass is 10.2. The van der Waals surface area contributed by atoms with Gasteiger partial charge in [0, 0.05) is 15.6 Å². The number of nitrogens with one attached hydrogen (secondary N) is 1. The van der Waals surface area contributed by atoms with E-state index in [1.165, 1.54) is 11.3 Å². The third-order valence-corrected chi connectivity index (χ3v) is 5.90. The number of para-hydroxylation sites is 1. The van der Waals surface area contributed by atoms with Crippen molar-refractivity contribution in [2.75, 3.05) is 5.32 Å². The van der Waals surface area contributed by atoms with Crippen LogP contribution in [0.1, 0.15) is 10.4 Å². The molecule has 1 N–H and O–H groups in total. The van der Waals surface area contributed by atoms with Crippen LogP contribution in [-0.2, 0) is 0 Å². The van der Waals surface area contributed by atoms with E-state index in [2.05, 4.69) is 32.3 Å². The van der Waals surface area contributed by atoms with E-state index in [-0.39, 0.29) is 5.91 Å². The summed E-state index contributed by atoms with van der Waals surface area (Å²) in [6, 6.07) is 17.4. The molecule has 2 aromatic heterocycles. The lowest BCUT2D eigenvalue weighted by Gasteiger charge is -2.05. The monoisotopic (exact) mass is 414 g/mol. The van der Waals surface area contributed by atoms with E-state index in [0.717, 1.165) is 30.3 Å². The fourth-order valence-electron chi connectivity index (χ4n) is 2.37. The lowest BCUT2D eigenvalue weighted by Crippen LogP contribution is -2.11. The molecule has 4 aromatic rings. The van der Waals surface area contributed by atoms with E-state index in [9.17, 15) is 4.79 Å². The van der Waals surface area contributed by atoms with Crippen LogP contribution in [-0.4, -0.2) is 10.9 Å². The summed E-state index contributed by atoms with van der Waals surface area (Å²) in [4.78, 5) is 17.2. The minimum absolute atomic E-state index is 0.124. The highest BCUT2D eigenvalue weighted by Gasteiger charge is 2.15. The Morgan fingerprint density at radius 2 is 1.96 bits per heavy atom. The quantitative estimate of drug-likeness (QED) is 0.443. The van der Waals surface area contributed by atoms with Gasteiger partial charge in [0.1, 0.15) is 10.0 Å². The largest absolute Gasteiger partial charge is 0.313 e. The minimum Gasteiger partial charge on any atom is -0.313 e. The first-order valence-corrected chi connectivity index (χ1v) is 9.70. The summed E-state index contributed by atoms with van der Waals surface area (Å²) in [7, 11) is 0. The molecule has 0 spiro atoms. The maximum atomic E-state index is 12.5. The first kappa shape index (κ1) is 15.5. The molecule has 24 heavy (non-hydrogen) atoms. The number of carbonyl (C=O) groups is 1. The van der Waals surface area contributed by atoms with Gasteiger partial charge in [0.15, 0.2) is 0 Å². The number of carbonyl (C=O) groups excluding carboxylic acids is 1. The number of thiazole rings is 1. The number of rotatable bonds is 3. The summed E-state index contributed by atoms with van der Waals surface area (Å²) in [5, 5.41) is 6.71. The van der Waals surface area contributed by atoms with Crippen LogP contribution >= 0.6 is 38.6 Å². The van der Waals surface area contributed by atoms with Gasteiger partial charge < -0.3 is 5.32 Å². The second-order valence-corrected chi connectivity index (χ2v) is 7.98. The molecule has 1 amide bonds. The Hall–Kier alpha value is -2.02. The molecule has 3 nitrogen and oxygen atoms in total. The van der Waals surface area contributed by atoms with Gasteiger partial charge in [-0.2, -0.15) is 0 Å². The van der Waals surface area contributed by atoms with Crippen LogP contribution in [0.4, 0.5) is 5.00 Å². The van der Waals surface area contributed by atoms with E-state index >= 15 is 0 Å². The molecule has 2 aromatic carbocycles. The first-order chi connectivity index (χ1) is 11.7. The molecule has 0 bridgehead atoms. The Morgan fingerprint density at radius 3 is 2.79 bits per heavy atom. The van der Waals surface area contributed by atoms with E-state index in [4.69, 9.17) is 0 Å². The van der Waals surface area contributed by atoms with Gasteiger partial charge in [-0.1, -0.05) is 34.1 Å². The van der Waals surface area contributed by atoms with Crippen molar-refractivity contribution >= 4 is 59.7 Å². The molecule has 0 aliphatic carbocycles. The Kier molecular flexibility index (Phi) is 4.18. The van der Waals surface area contributed by atoms with Gasteiger partial charge in [-0.25, -0.2) is 4.98 Å². The molecule has 6 heteroatoms. The zero-order valence-corrected chi connectivity index (χ0v) is 15.5. The normalized spacial score (nSPS) is 10.9. The van der Waals surface area contributed by atoms with Crippen LogP contribution in [0.15, 0.2) is 64.5 Å². The molecular weight excluding hydrogens is 404 g/mol. The van der Waals surface area contributed by atoms with Crippen LogP contribution in [0.2, 0.25) is 0 Å². The third kappa shape index (κ3) is 3.00. The average Bonchev–Trinajstić information content (AvgIpc) is 3.20. The van der Waals surface area contributed by atoms with Gasteiger partial charge in [0.25, 0.3) is 5.91 Å². The van der Waals surface area contributed by atoms with Gasteiger partial charge in [0.2, 0.25) is 0 Å². The van der Waals surface area contributed by atoms with Gasteiger partial charge >= 0.3 is 0 Å². The van der Waals surface area contributed by atoms with Crippen LogP contribution in [0, 0.1) is 0 Å². The predicted octanol–water partition coefficient (Wildman–Crippen LogP) is 6.04. The predicted molar refractivity (Wildman–Crippen MR) is 105 cm³/mol. The van der Waals surface area contributed by atoms with Crippen LogP contribution in [0.25, 0.3) is 20.8 Å². The second-order valence-electron chi connectivity index (χ2n) is 5.11. The topological polar surface area (TPSA) is 42.0 Å². The Labute approximate surface area is 155 Å². The van der Waals surface area contributed by atoms with E-state index < -0.39 is 0 Å². The number of fused-ring (bicyclic) bond motifs is 1. The van der Waals surface area contributed by atoms with E-state index in [1.54, 1.807) is 23.5 Å². The number of benzene rings is 2. The van der Waals surface area contributed by atoms with Gasteiger partial charge in [-0.05, 0) is 41.8 Å². The highest BCUT2D eigenvalue weighted by molar-refractivity contribution is 9.10. The summed E-state index contributed by atoms with van der Waals surface area (Å²) in [5.74, 6) is -0.124. The zero-order chi connectivity index (χ0) is 16.5. The molecule has 0 aliphatic rings. The molecule has 0 fully saturated rings. The first-order valence-electron chi connectivity index (χ1n) is 7.21. The van der Waals surface area contributed by atoms with Crippen LogP contribution in [0.3, 0.4) is 0 Å². The second kappa shape index (κ2) is 6.47. The summed E-state index contributed by atoms with van der Waals surface area (Å²) < 4.78 is 2.02. The van der Waals surface area contributed by atoms with Crippen molar-refractivity contribution in [3.8, 4) is 10.6 Å². The molecule has 0 atom stereocenters. The molecule has 0 saturated carbocycles. The van der Waals surface area contributed by atoms with Gasteiger partial charge in [-0.15, -0.1) is 22.7 Å². The SMILES string of the molecule is O=C(Nc1sccc1-c1nc2ccccc2s1)c1cccc(Br)c1. The number of hydrogen-bond donors (Lipinski definition) is 1. The van der Waals surface area contributed by atoms with Crippen molar-refractivity contribution in [2.24, 2.45) is 0 Å². The molecular formula is C18H11BrN2OS2. The van der Waals surface area contributed by atoms with Crippen LogP contribution in [0.5, 0.6) is 0 Å². The summed E-state index contributed by atoms with van der Waals surface area (Å²) in [6.45, 7) is 0. The Morgan fingerprint density at radius 1 is 1.08 bits per heavy atom. The van der Waals surface area contributed by atoms with E-state index in [1.807, 2.05) is 41.8 Å². The molecule has 118 valence electrons. The highest BCUT2D eigenvalue weighted by Crippen LogP contribution is 2.37. The highest BCUT2D eigenvalue weighted by atomic mass is 79.9.